The van der Waals surface area contributed by atoms with E-state index in [0.717, 1.165) is 11.1 Å². The maximum Gasteiger partial charge on any atom is 0.283 e. The molecule has 1 amide bonds. The van der Waals surface area contributed by atoms with E-state index in [0.29, 0.717) is 23.1 Å². The number of carbonyl (C=O) groups is 1. The summed E-state index contributed by atoms with van der Waals surface area (Å²) in [5, 5.41) is 4.92. The van der Waals surface area contributed by atoms with Crippen LogP contribution in [0.1, 0.15) is 16.1 Å². The first-order chi connectivity index (χ1) is 11.2. The number of nitrogens with one attached hydrogen (secondary N) is 1. The van der Waals surface area contributed by atoms with E-state index in [9.17, 15) is 4.79 Å². The Hall–Kier alpha value is -2.70. The molecule has 0 aliphatic carbocycles. The molecule has 7 heteroatoms. The van der Waals surface area contributed by atoms with Crippen LogP contribution in [0.15, 0.2) is 54.7 Å². The van der Waals surface area contributed by atoms with Gasteiger partial charge in [0, 0.05) is 11.8 Å². The van der Waals surface area contributed by atoms with Crippen LogP contribution >= 0.6 is 11.6 Å². The Labute approximate surface area is 137 Å². The van der Waals surface area contributed by atoms with Gasteiger partial charge in [0.2, 0.25) is 0 Å². The molecule has 1 aromatic carbocycles. The molecular formula is C16H14ClN5O. The first-order valence-electron chi connectivity index (χ1n) is 6.92. The van der Waals surface area contributed by atoms with Gasteiger partial charge < -0.3 is 0 Å². The summed E-state index contributed by atoms with van der Waals surface area (Å²) >= 11 is 5.79. The number of aromatic nitrogens is 3. The first-order valence-corrected chi connectivity index (χ1v) is 7.30. The van der Waals surface area contributed by atoms with Crippen LogP contribution in [0.25, 0.3) is 11.3 Å². The van der Waals surface area contributed by atoms with Crippen LogP contribution in [-0.4, -0.2) is 20.7 Å². The fourth-order valence-corrected chi connectivity index (χ4v) is 2.33. The second kappa shape index (κ2) is 6.60. The van der Waals surface area contributed by atoms with Crippen molar-refractivity contribution in [3.8, 4) is 11.3 Å². The molecule has 0 aliphatic heterocycles. The highest BCUT2D eigenvalue weighted by molar-refractivity contribution is 6.29. The molecule has 0 saturated carbocycles. The van der Waals surface area contributed by atoms with Crippen molar-refractivity contribution in [3.63, 3.8) is 0 Å². The van der Waals surface area contributed by atoms with Crippen molar-refractivity contribution < 1.29 is 4.79 Å². The molecule has 0 unspecified atom stereocenters. The van der Waals surface area contributed by atoms with Crippen LogP contribution < -0.4 is 11.3 Å². The van der Waals surface area contributed by atoms with E-state index < -0.39 is 5.91 Å². The summed E-state index contributed by atoms with van der Waals surface area (Å²) < 4.78 is 1.59. The lowest BCUT2D eigenvalue weighted by Gasteiger charge is -2.06. The Balaban J connectivity index is 1.98. The van der Waals surface area contributed by atoms with Crippen LogP contribution in [0.2, 0.25) is 5.15 Å². The molecule has 116 valence electrons. The number of halogens is 1. The van der Waals surface area contributed by atoms with E-state index >= 15 is 0 Å². The zero-order valence-corrected chi connectivity index (χ0v) is 12.9. The molecule has 2 aromatic heterocycles. The van der Waals surface area contributed by atoms with Crippen LogP contribution in [0.3, 0.4) is 0 Å². The standard InChI is InChI=1S/C16H14ClN5O/c17-15-7-6-11(9-19-15)10-22-14(16(23)20-18)8-13(21-22)12-4-2-1-3-5-12/h1-9H,10,18H2,(H,20,23). The van der Waals surface area contributed by atoms with Crippen molar-refractivity contribution in [1.29, 1.82) is 0 Å². The second-order valence-corrected chi connectivity index (χ2v) is 5.29. The maximum absolute atomic E-state index is 12.0. The van der Waals surface area contributed by atoms with Crippen molar-refractivity contribution in [2.24, 2.45) is 5.84 Å². The van der Waals surface area contributed by atoms with Gasteiger partial charge in [0.25, 0.3) is 5.91 Å². The summed E-state index contributed by atoms with van der Waals surface area (Å²) in [6.07, 6.45) is 1.65. The molecule has 0 atom stereocenters. The molecule has 23 heavy (non-hydrogen) atoms. The lowest BCUT2D eigenvalue weighted by atomic mass is 10.1. The van der Waals surface area contributed by atoms with Gasteiger partial charge in [-0.15, -0.1) is 0 Å². The van der Waals surface area contributed by atoms with Crippen molar-refractivity contribution in [2.45, 2.75) is 6.54 Å². The van der Waals surface area contributed by atoms with Gasteiger partial charge in [-0.25, -0.2) is 10.8 Å². The highest BCUT2D eigenvalue weighted by atomic mass is 35.5. The summed E-state index contributed by atoms with van der Waals surface area (Å²) in [6, 6.07) is 14.9. The monoisotopic (exact) mass is 327 g/mol. The lowest BCUT2D eigenvalue weighted by Crippen LogP contribution is -2.32. The van der Waals surface area contributed by atoms with Gasteiger partial charge >= 0.3 is 0 Å². The minimum absolute atomic E-state index is 0.376. The fourth-order valence-electron chi connectivity index (χ4n) is 2.22. The van der Waals surface area contributed by atoms with Crippen LogP contribution in [-0.2, 0) is 6.54 Å². The Kier molecular flexibility index (Phi) is 4.36. The van der Waals surface area contributed by atoms with Crippen molar-refractivity contribution in [3.05, 3.63) is 71.1 Å². The van der Waals surface area contributed by atoms with Crippen molar-refractivity contribution in [1.82, 2.24) is 20.2 Å². The Bertz CT molecular complexity index is 814. The summed E-state index contributed by atoms with van der Waals surface area (Å²) in [4.78, 5) is 16.0. The molecule has 3 rings (SSSR count). The van der Waals surface area contributed by atoms with E-state index in [-0.39, 0.29) is 0 Å². The number of nitrogens with two attached hydrogens (primary N) is 1. The van der Waals surface area contributed by atoms with Crippen molar-refractivity contribution in [2.75, 3.05) is 0 Å². The number of hydrazine groups is 1. The number of nitrogen functional groups attached to an aromatic ring is 1. The third kappa shape index (κ3) is 3.39. The van der Waals surface area contributed by atoms with Gasteiger partial charge in [-0.3, -0.25) is 14.9 Å². The lowest BCUT2D eigenvalue weighted by molar-refractivity contribution is 0.0943. The topological polar surface area (TPSA) is 85.8 Å². The Morgan fingerprint density at radius 3 is 2.65 bits per heavy atom. The highest BCUT2D eigenvalue weighted by Gasteiger charge is 2.15. The van der Waals surface area contributed by atoms with E-state index in [1.807, 2.05) is 36.4 Å². The van der Waals surface area contributed by atoms with Gasteiger partial charge in [0.1, 0.15) is 10.8 Å². The summed E-state index contributed by atoms with van der Waals surface area (Å²) in [5.41, 5.74) is 5.02. The molecule has 0 saturated heterocycles. The second-order valence-electron chi connectivity index (χ2n) is 4.90. The molecule has 3 aromatic rings. The molecule has 2 heterocycles. The number of hydrogen-bond donors (Lipinski definition) is 2. The minimum atomic E-state index is -0.401. The van der Waals surface area contributed by atoms with Crippen LogP contribution in [0.5, 0.6) is 0 Å². The zero-order valence-electron chi connectivity index (χ0n) is 12.1. The summed E-state index contributed by atoms with van der Waals surface area (Å²) in [7, 11) is 0. The number of amides is 1. The van der Waals surface area contributed by atoms with Crippen molar-refractivity contribution >= 4 is 17.5 Å². The van der Waals surface area contributed by atoms with Gasteiger partial charge in [-0.05, 0) is 17.7 Å². The normalized spacial score (nSPS) is 10.5. The predicted molar refractivity (Wildman–Crippen MR) is 87.7 cm³/mol. The van der Waals surface area contributed by atoms with E-state index in [2.05, 4.69) is 15.5 Å². The van der Waals surface area contributed by atoms with Gasteiger partial charge in [-0.1, -0.05) is 48.0 Å². The average molecular weight is 328 g/mol. The SMILES string of the molecule is NNC(=O)c1cc(-c2ccccc2)nn1Cc1ccc(Cl)nc1. The zero-order chi connectivity index (χ0) is 16.2. The largest absolute Gasteiger partial charge is 0.289 e. The fraction of sp³-hybridized carbons (Fsp3) is 0.0625. The van der Waals surface area contributed by atoms with Crippen LogP contribution in [0, 0.1) is 0 Å². The number of nitrogens with zero attached hydrogens (tertiary/aromatic N) is 3. The number of benzene rings is 1. The Morgan fingerprint density at radius 2 is 2.00 bits per heavy atom. The highest BCUT2D eigenvalue weighted by Crippen LogP contribution is 2.19. The molecule has 0 fully saturated rings. The molecule has 0 radical (unpaired) electrons. The summed E-state index contributed by atoms with van der Waals surface area (Å²) in [5.74, 6) is 4.86. The maximum atomic E-state index is 12.0. The third-order valence-corrected chi connectivity index (χ3v) is 3.56. The number of rotatable bonds is 4. The number of hydrogen-bond acceptors (Lipinski definition) is 4. The first kappa shape index (κ1) is 15.2. The van der Waals surface area contributed by atoms with E-state index in [1.54, 1.807) is 23.0 Å². The van der Waals surface area contributed by atoms with E-state index in [4.69, 9.17) is 17.4 Å². The average Bonchev–Trinajstić information content (AvgIpc) is 3.01. The smallest absolute Gasteiger partial charge is 0.283 e. The Morgan fingerprint density at radius 1 is 1.22 bits per heavy atom. The molecular weight excluding hydrogens is 314 g/mol. The van der Waals surface area contributed by atoms with Gasteiger partial charge in [0.15, 0.2) is 0 Å². The quantitative estimate of drug-likeness (QED) is 0.333. The molecule has 0 bridgehead atoms. The predicted octanol–water partition coefficient (Wildman–Crippen LogP) is 2.25. The third-order valence-electron chi connectivity index (χ3n) is 3.33. The van der Waals surface area contributed by atoms with Crippen LogP contribution in [0.4, 0.5) is 0 Å². The molecule has 6 nitrogen and oxygen atoms in total. The van der Waals surface area contributed by atoms with Gasteiger partial charge in [-0.2, -0.15) is 5.10 Å². The van der Waals surface area contributed by atoms with Gasteiger partial charge in [0.05, 0.1) is 12.2 Å². The number of pyridine rings is 1. The number of carbonyl (C=O) groups excluding carboxylic acids is 1. The minimum Gasteiger partial charge on any atom is -0.289 e. The molecule has 0 aliphatic rings. The molecule has 3 N–H and O–H groups in total. The molecule has 0 spiro atoms. The summed E-state index contributed by atoms with van der Waals surface area (Å²) in [6.45, 7) is 0.389. The van der Waals surface area contributed by atoms with E-state index in [1.165, 1.54) is 0 Å².